The first-order valence-electron chi connectivity index (χ1n) is 6.22. The molecule has 5 nitrogen and oxygen atoms in total. The maximum Gasteiger partial charge on any atom is 0.160 e. The van der Waals surface area contributed by atoms with Crippen LogP contribution in [0.2, 0.25) is 0 Å². The Morgan fingerprint density at radius 3 is 2.33 bits per heavy atom. The molecule has 5 heteroatoms. The molecule has 1 aromatic heterocycles. The number of nitrogens with two attached hydrogens (primary N) is 1. The molecule has 3 N–H and O–H groups in total. The van der Waals surface area contributed by atoms with Crippen LogP contribution in [0.4, 0.5) is 5.82 Å². The van der Waals surface area contributed by atoms with E-state index in [-0.39, 0.29) is 11.5 Å². The van der Waals surface area contributed by atoms with Gasteiger partial charge in [0.2, 0.25) is 0 Å². The highest BCUT2D eigenvalue weighted by Gasteiger charge is 2.29. The zero-order valence-electron chi connectivity index (χ0n) is 12.2. The molecule has 0 bridgehead atoms. The van der Waals surface area contributed by atoms with Gasteiger partial charge in [0.15, 0.2) is 5.82 Å². The van der Waals surface area contributed by atoms with Gasteiger partial charge >= 0.3 is 0 Å². The largest absolute Gasteiger partial charge is 0.373 e. The number of ether oxygens (including phenoxy) is 1. The number of hydrogen-bond donors (Lipinski definition) is 2. The van der Waals surface area contributed by atoms with Gasteiger partial charge in [-0.05, 0) is 18.8 Å². The molecular formula is C13H24N4O. The summed E-state index contributed by atoms with van der Waals surface area (Å²) in [5.41, 5.74) is 4.58. The van der Waals surface area contributed by atoms with Crippen molar-refractivity contribution < 1.29 is 4.74 Å². The number of methoxy groups -OCH3 is 1. The number of rotatable bonds is 4. The standard InChI is InChI=1S/C13H24N4O/c1-7-9-8(2)15-12(16-11(9)17-14)10(18-6)13(3,4)5/h10H,7,14H2,1-6H3,(H,15,16,17). The maximum atomic E-state index is 5.54. The number of hydrogen-bond acceptors (Lipinski definition) is 5. The number of nitrogens with zero attached hydrogens (tertiary/aromatic N) is 2. The number of nitrogen functional groups attached to an aromatic ring is 1. The van der Waals surface area contributed by atoms with Crippen LogP contribution in [0, 0.1) is 12.3 Å². The molecule has 0 saturated carbocycles. The predicted octanol–water partition coefficient (Wildman–Crippen LogP) is 2.37. The first kappa shape index (κ1) is 14.9. The van der Waals surface area contributed by atoms with E-state index in [2.05, 4.69) is 43.1 Å². The Morgan fingerprint density at radius 1 is 1.33 bits per heavy atom. The molecule has 0 radical (unpaired) electrons. The summed E-state index contributed by atoms with van der Waals surface area (Å²) in [7, 11) is 1.68. The lowest BCUT2D eigenvalue weighted by atomic mass is 9.88. The summed E-state index contributed by atoms with van der Waals surface area (Å²) in [6.45, 7) is 10.3. The molecule has 102 valence electrons. The number of aromatic nitrogens is 2. The van der Waals surface area contributed by atoms with E-state index in [9.17, 15) is 0 Å². The van der Waals surface area contributed by atoms with Gasteiger partial charge in [0.1, 0.15) is 11.9 Å². The molecule has 1 aromatic rings. The van der Waals surface area contributed by atoms with E-state index in [0.29, 0.717) is 11.6 Å². The number of nitrogens with one attached hydrogen (secondary N) is 1. The van der Waals surface area contributed by atoms with Gasteiger partial charge in [0.05, 0.1) is 0 Å². The molecule has 0 spiro atoms. The van der Waals surface area contributed by atoms with Crippen molar-refractivity contribution in [3.05, 3.63) is 17.1 Å². The third-order valence-electron chi connectivity index (χ3n) is 2.98. The molecule has 0 fully saturated rings. The summed E-state index contributed by atoms with van der Waals surface area (Å²) in [6, 6.07) is 0. The summed E-state index contributed by atoms with van der Waals surface area (Å²) in [5.74, 6) is 6.89. The first-order chi connectivity index (χ1) is 8.35. The zero-order chi connectivity index (χ0) is 13.9. The number of hydrazine groups is 1. The van der Waals surface area contributed by atoms with Crippen molar-refractivity contribution in [1.82, 2.24) is 9.97 Å². The lowest BCUT2D eigenvalue weighted by Gasteiger charge is -2.28. The Kier molecular flexibility index (Phi) is 4.65. The fourth-order valence-corrected chi connectivity index (χ4v) is 2.12. The quantitative estimate of drug-likeness (QED) is 0.635. The molecule has 1 rings (SSSR count). The van der Waals surface area contributed by atoms with Gasteiger partial charge in [-0.2, -0.15) is 0 Å². The van der Waals surface area contributed by atoms with Crippen LogP contribution in [-0.4, -0.2) is 17.1 Å². The second-order valence-corrected chi connectivity index (χ2v) is 5.47. The average Bonchev–Trinajstić information content (AvgIpc) is 2.27. The molecule has 0 aliphatic rings. The minimum atomic E-state index is -0.158. The van der Waals surface area contributed by atoms with E-state index < -0.39 is 0 Å². The van der Waals surface area contributed by atoms with Gasteiger partial charge < -0.3 is 10.2 Å². The number of anilines is 1. The second kappa shape index (κ2) is 5.63. The van der Waals surface area contributed by atoms with Crippen LogP contribution >= 0.6 is 0 Å². The van der Waals surface area contributed by atoms with Gasteiger partial charge in [-0.25, -0.2) is 15.8 Å². The van der Waals surface area contributed by atoms with Gasteiger partial charge in [-0.1, -0.05) is 27.7 Å². The van der Waals surface area contributed by atoms with Crippen LogP contribution in [-0.2, 0) is 11.2 Å². The van der Waals surface area contributed by atoms with Crippen LogP contribution in [0.15, 0.2) is 0 Å². The molecule has 18 heavy (non-hydrogen) atoms. The fourth-order valence-electron chi connectivity index (χ4n) is 2.12. The van der Waals surface area contributed by atoms with Crippen molar-refractivity contribution >= 4 is 5.82 Å². The van der Waals surface area contributed by atoms with Crippen LogP contribution in [0.5, 0.6) is 0 Å². The lowest BCUT2D eigenvalue weighted by molar-refractivity contribution is 0.00862. The molecule has 0 aromatic carbocycles. The monoisotopic (exact) mass is 252 g/mol. The average molecular weight is 252 g/mol. The van der Waals surface area contributed by atoms with Crippen molar-refractivity contribution in [2.45, 2.75) is 47.1 Å². The van der Waals surface area contributed by atoms with Crippen LogP contribution in [0.3, 0.4) is 0 Å². The summed E-state index contributed by atoms with van der Waals surface area (Å²) < 4.78 is 5.54. The molecule has 0 amide bonds. The van der Waals surface area contributed by atoms with Crippen LogP contribution in [0.25, 0.3) is 0 Å². The van der Waals surface area contributed by atoms with Crippen molar-refractivity contribution in [3.63, 3.8) is 0 Å². The van der Waals surface area contributed by atoms with E-state index in [0.717, 1.165) is 17.7 Å². The Bertz CT molecular complexity index is 412. The van der Waals surface area contributed by atoms with E-state index in [1.165, 1.54) is 0 Å². The summed E-state index contributed by atoms with van der Waals surface area (Å²) >= 11 is 0. The van der Waals surface area contributed by atoms with Gasteiger partial charge in [0, 0.05) is 18.4 Å². The van der Waals surface area contributed by atoms with Crippen molar-refractivity contribution in [3.8, 4) is 0 Å². The van der Waals surface area contributed by atoms with Crippen molar-refractivity contribution in [2.75, 3.05) is 12.5 Å². The topological polar surface area (TPSA) is 73.1 Å². The maximum absolute atomic E-state index is 5.54. The van der Waals surface area contributed by atoms with Crippen molar-refractivity contribution in [2.24, 2.45) is 11.3 Å². The van der Waals surface area contributed by atoms with E-state index in [1.54, 1.807) is 7.11 Å². The number of aryl methyl sites for hydroxylation is 1. The van der Waals surface area contributed by atoms with E-state index in [4.69, 9.17) is 10.6 Å². The minimum Gasteiger partial charge on any atom is -0.373 e. The smallest absolute Gasteiger partial charge is 0.160 e. The third-order valence-corrected chi connectivity index (χ3v) is 2.98. The molecular weight excluding hydrogens is 228 g/mol. The fraction of sp³-hybridized carbons (Fsp3) is 0.692. The summed E-state index contributed by atoms with van der Waals surface area (Å²) in [6.07, 6.45) is 0.688. The summed E-state index contributed by atoms with van der Waals surface area (Å²) in [4.78, 5) is 9.05. The Hall–Kier alpha value is -1.20. The zero-order valence-corrected chi connectivity index (χ0v) is 12.2. The Balaban J connectivity index is 3.30. The highest BCUT2D eigenvalue weighted by Crippen LogP contribution is 2.34. The normalized spacial score (nSPS) is 13.5. The Labute approximate surface area is 109 Å². The lowest BCUT2D eigenvalue weighted by Crippen LogP contribution is -2.24. The SMILES string of the molecule is CCc1c(C)nc(C(OC)C(C)(C)C)nc1NN. The first-order valence-corrected chi connectivity index (χ1v) is 6.22. The van der Waals surface area contributed by atoms with Crippen LogP contribution < -0.4 is 11.3 Å². The Morgan fingerprint density at radius 2 is 1.94 bits per heavy atom. The molecule has 0 aliphatic carbocycles. The van der Waals surface area contributed by atoms with Gasteiger partial charge in [-0.15, -0.1) is 0 Å². The molecule has 1 heterocycles. The summed E-state index contributed by atoms with van der Waals surface area (Å²) in [5, 5.41) is 0. The van der Waals surface area contributed by atoms with Gasteiger partial charge in [-0.3, -0.25) is 0 Å². The van der Waals surface area contributed by atoms with E-state index >= 15 is 0 Å². The van der Waals surface area contributed by atoms with Crippen LogP contribution in [0.1, 0.15) is 50.9 Å². The third kappa shape index (κ3) is 2.97. The predicted molar refractivity (Wildman–Crippen MR) is 73.2 cm³/mol. The highest BCUT2D eigenvalue weighted by molar-refractivity contribution is 5.45. The highest BCUT2D eigenvalue weighted by atomic mass is 16.5. The second-order valence-electron chi connectivity index (χ2n) is 5.47. The van der Waals surface area contributed by atoms with Gasteiger partial charge in [0.25, 0.3) is 0 Å². The molecule has 0 aliphatic heterocycles. The molecule has 1 atom stereocenters. The van der Waals surface area contributed by atoms with E-state index in [1.807, 2.05) is 6.92 Å². The molecule has 0 saturated heterocycles. The minimum absolute atomic E-state index is 0.0687. The van der Waals surface area contributed by atoms with Crippen molar-refractivity contribution in [1.29, 1.82) is 0 Å². The molecule has 1 unspecified atom stereocenters.